The molecule has 4 rings (SSSR count). The fourth-order valence-corrected chi connectivity index (χ4v) is 5.39. The van der Waals surface area contributed by atoms with Crippen molar-refractivity contribution in [2.24, 2.45) is 17.8 Å². The van der Waals surface area contributed by atoms with Crippen molar-refractivity contribution in [3.8, 4) is 17.2 Å². The first-order valence-corrected chi connectivity index (χ1v) is 14.0. The first-order chi connectivity index (χ1) is 20.2. The highest BCUT2D eigenvalue weighted by Crippen LogP contribution is 2.39. The highest BCUT2D eigenvalue weighted by molar-refractivity contribution is 5.85. The topological polar surface area (TPSA) is 64.9 Å². The molecule has 234 valence electrons. The van der Waals surface area contributed by atoms with Crippen molar-refractivity contribution in [3.63, 3.8) is 0 Å². The van der Waals surface area contributed by atoms with E-state index in [1.54, 1.807) is 10.6 Å². The maximum Gasteiger partial charge on any atom is 0.573 e. The Kier molecular flexibility index (Phi) is 9.60. The number of halogens is 7. The Morgan fingerprint density at radius 2 is 1.84 bits per heavy atom. The average molecular weight is 616 g/mol. The van der Waals surface area contributed by atoms with Crippen LogP contribution in [0.4, 0.5) is 36.4 Å². The minimum Gasteiger partial charge on any atom is -0.456 e. The lowest BCUT2D eigenvalue weighted by molar-refractivity contribution is -0.275. The zero-order valence-electron chi connectivity index (χ0n) is 23.8. The number of ether oxygens (including phenoxy) is 2. The van der Waals surface area contributed by atoms with Gasteiger partial charge in [0.1, 0.15) is 17.3 Å². The summed E-state index contributed by atoms with van der Waals surface area (Å²) in [4.78, 5) is 17.5. The third-order valence-electron chi connectivity index (χ3n) is 7.60. The maximum atomic E-state index is 14.3. The van der Waals surface area contributed by atoms with Gasteiger partial charge < -0.3 is 14.8 Å². The van der Waals surface area contributed by atoms with Crippen LogP contribution in [0.25, 0.3) is 11.2 Å². The number of fused-ring (bicyclic) bond motifs is 1. The van der Waals surface area contributed by atoms with E-state index in [1.807, 2.05) is 26.8 Å². The monoisotopic (exact) mass is 615 g/mol. The van der Waals surface area contributed by atoms with Gasteiger partial charge in [0, 0.05) is 30.5 Å². The van der Waals surface area contributed by atoms with E-state index in [1.165, 1.54) is 12.3 Å². The van der Waals surface area contributed by atoms with Crippen molar-refractivity contribution < 1.29 is 45.0 Å². The Labute approximate surface area is 243 Å². The number of rotatable bonds is 11. The third-order valence-corrected chi connectivity index (χ3v) is 7.60. The summed E-state index contributed by atoms with van der Waals surface area (Å²) in [5.41, 5.74) is 2.05. The standard InChI is InChI=1S/C30H32F7N3O3/c1-4-18(5-2)27(41)22-8-6-19(12-17(22)3)25-15-39-28-24(38-11-10-29(32,33)34)14-21(16-40(25)28)42-20-7-9-26(23(31)13-20)43-30(35,36)37/h6-7,9,13-18,22,38H,4-5,8,10-12H2,1-3H3. The SMILES string of the molecule is CCC(CC)C(=O)C1CC=C(c2cnc3c(NCCC(F)(F)F)cc(Oc4ccc(OC(F)(F)F)c(F)c4)cn23)CC1C. The van der Waals surface area contributed by atoms with Crippen molar-refractivity contribution >= 4 is 22.7 Å². The second-order valence-corrected chi connectivity index (χ2v) is 10.6. The predicted octanol–water partition coefficient (Wildman–Crippen LogP) is 8.96. The summed E-state index contributed by atoms with van der Waals surface area (Å²) in [5, 5.41) is 2.72. The Morgan fingerprint density at radius 3 is 2.44 bits per heavy atom. The highest BCUT2D eigenvalue weighted by atomic mass is 19.4. The first-order valence-electron chi connectivity index (χ1n) is 14.0. The van der Waals surface area contributed by atoms with Crippen molar-refractivity contribution in [1.82, 2.24) is 9.38 Å². The molecule has 1 aromatic carbocycles. The smallest absolute Gasteiger partial charge is 0.456 e. The molecular weight excluding hydrogens is 583 g/mol. The van der Waals surface area contributed by atoms with Gasteiger partial charge in [-0.25, -0.2) is 9.37 Å². The number of pyridine rings is 1. The summed E-state index contributed by atoms with van der Waals surface area (Å²) in [5.74, 6) is -2.28. The molecule has 3 aromatic rings. The Hall–Kier alpha value is -3.77. The normalized spacial score (nSPS) is 17.7. The van der Waals surface area contributed by atoms with Gasteiger partial charge in [0.15, 0.2) is 17.2 Å². The van der Waals surface area contributed by atoms with Gasteiger partial charge in [-0.2, -0.15) is 13.2 Å². The van der Waals surface area contributed by atoms with Gasteiger partial charge in [-0.05, 0) is 49.3 Å². The van der Waals surface area contributed by atoms with Crippen LogP contribution in [0.5, 0.6) is 17.2 Å². The number of hydrogen-bond acceptors (Lipinski definition) is 5. The van der Waals surface area contributed by atoms with Gasteiger partial charge in [-0.3, -0.25) is 9.20 Å². The number of nitrogens with one attached hydrogen (secondary N) is 1. The van der Waals surface area contributed by atoms with E-state index in [2.05, 4.69) is 15.0 Å². The van der Waals surface area contributed by atoms with Gasteiger partial charge in [-0.1, -0.05) is 26.8 Å². The fraction of sp³-hybridized carbons (Fsp3) is 0.467. The number of nitrogens with zero attached hydrogens (tertiary/aromatic N) is 2. The number of carbonyl (C=O) groups is 1. The van der Waals surface area contributed by atoms with Crippen LogP contribution >= 0.6 is 0 Å². The fourth-order valence-electron chi connectivity index (χ4n) is 5.39. The summed E-state index contributed by atoms with van der Waals surface area (Å²) >= 11 is 0. The zero-order valence-corrected chi connectivity index (χ0v) is 23.8. The summed E-state index contributed by atoms with van der Waals surface area (Å²) in [6.45, 7) is 5.56. The van der Waals surface area contributed by atoms with Crippen LogP contribution in [0.1, 0.15) is 58.6 Å². The molecule has 43 heavy (non-hydrogen) atoms. The van der Waals surface area contributed by atoms with Crippen LogP contribution in [0, 0.1) is 23.6 Å². The number of hydrogen-bond donors (Lipinski definition) is 1. The molecule has 0 saturated carbocycles. The van der Waals surface area contributed by atoms with Crippen molar-refractivity contribution in [2.45, 2.75) is 65.4 Å². The molecule has 0 saturated heterocycles. The Balaban J connectivity index is 1.67. The number of ketones is 1. The summed E-state index contributed by atoms with van der Waals surface area (Å²) in [6, 6.07) is 3.92. The van der Waals surface area contributed by atoms with Crippen molar-refractivity contribution in [3.05, 3.63) is 54.2 Å². The van der Waals surface area contributed by atoms with Gasteiger partial charge in [0.05, 0.1) is 30.2 Å². The van der Waals surface area contributed by atoms with Crippen molar-refractivity contribution in [1.29, 1.82) is 0 Å². The van der Waals surface area contributed by atoms with Gasteiger partial charge in [0.2, 0.25) is 0 Å². The molecule has 6 nitrogen and oxygen atoms in total. The number of benzene rings is 1. The molecule has 2 atom stereocenters. The largest absolute Gasteiger partial charge is 0.573 e. The predicted molar refractivity (Wildman–Crippen MR) is 146 cm³/mol. The molecule has 13 heteroatoms. The molecule has 1 aliphatic carbocycles. The number of imidazole rings is 1. The highest BCUT2D eigenvalue weighted by Gasteiger charge is 2.34. The average Bonchev–Trinajstić information content (AvgIpc) is 3.33. The maximum absolute atomic E-state index is 14.3. The quantitative estimate of drug-likeness (QED) is 0.218. The minimum absolute atomic E-state index is 0.00200. The molecule has 0 bridgehead atoms. The molecule has 1 aliphatic rings. The summed E-state index contributed by atoms with van der Waals surface area (Å²) in [6.07, 6.45) is -2.87. The van der Waals surface area contributed by atoms with E-state index >= 15 is 0 Å². The van der Waals surface area contributed by atoms with E-state index in [4.69, 9.17) is 4.74 Å². The number of anilines is 1. The summed E-state index contributed by atoms with van der Waals surface area (Å²) in [7, 11) is 0. The number of allylic oxidation sites excluding steroid dienone is 2. The lowest BCUT2D eigenvalue weighted by Crippen LogP contribution is -2.29. The van der Waals surface area contributed by atoms with Crippen LogP contribution in [-0.2, 0) is 4.79 Å². The van der Waals surface area contributed by atoms with Crippen LogP contribution < -0.4 is 14.8 Å². The van der Waals surface area contributed by atoms with Crippen LogP contribution in [0.15, 0.2) is 42.7 Å². The third kappa shape index (κ3) is 7.99. The second kappa shape index (κ2) is 12.8. The van der Waals surface area contributed by atoms with E-state index in [0.717, 1.165) is 30.5 Å². The van der Waals surface area contributed by atoms with Crippen LogP contribution in [0.3, 0.4) is 0 Å². The lowest BCUT2D eigenvalue weighted by atomic mass is 9.74. The molecule has 0 fully saturated rings. The molecule has 2 aromatic heterocycles. The van der Waals surface area contributed by atoms with Gasteiger partial charge in [-0.15, -0.1) is 13.2 Å². The molecule has 0 amide bonds. The Morgan fingerprint density at radius 1 is 1.12 bits per heavy atom. The van der Waals surface area contributed by atoms with E-state index < -0.39 is 37.1 Å². The lowest BCUT2D eigenvalue weighted by Gasteiger charge is -2.30. The van der Waals surface area contributed by atoms with Gasteiger partial charge in [0.25, 0.3) is 0 Å². The first kappa shape index (κ1) is 32.2. The number of Topliss-reactive ketones (excluding diaryl/α,β-unsaturated/α-hetero) is 1. The van der Waals surface area contributed by atoms with Crippen LogP contribution in [-0.4, -0.2) is 34.3 Å². The Bertz CT molecular complexity index is 1480. The molecule has 0 radical (unpaired) electrons. The number of alkyl halides is 6. The van der Waals surface area contributed by atoms with E-state index in [-0.39, 0.29) is 40.7 Å². The van der Waals surface area contributed by atoms with Crippen LogP contribution in [0.2, 0.25) is 0 Å². The molecule has 0 aliphatic heterocycles. The van der Waals surface area contributed by atoms with Crippen molar-refractivity contribution in [2.75, 3.05) is 11.9 Å². The molecule has 2 heterocycles. The summed E-state index contributed by atoms with van der Waals surface area (Å²) < 4.78 is 101. The van der Waals surface area contributed by atoms with E-state index in [0.29, 0.717) is 30.2 Å². The zero-order chi connectivity index (χ0) is 31.5. The number of carbonyl (C=O) groups excluding carboxylic acids is 1. The van der Waals surface area contributed by atoms with Gasteiger partial charge >= 0.3 is 12.5 Å². The minimum atomic E-state index is -5.09. The molecule has 2 unspecified atom stereocenters. The van der Waals surface area contributed by atoms with E-state index in [9.17, 15) is 35.5 Å². The number of aromatic nitrogens is 2. The molecule has 0 spiro atoms. The molecule has 1 N–H and O–H groups in total. The second-order valence-electron chi connectivity index (χ2n) is 10.6. The molecular formula is C30H32F7N3O3.